The quantitative estimate of drug-likeness (QED) is 0.901. The molecule has 1 aromatic rings. The summed E-state index contributed by atoms with van der Waals surface area (Å²) in [5.74, 6) is 0.835. The molecule has 0 amide bonds. The number of ether oxygens (including phenoxy) is 1. The Hall–Kier alpha value is -0.540. The summed E-state index contributed by atoms with van der Waals surface area (Å²) in [5.41, 5.74) is 1.16. The number of aliphatic hydroxyl groups excluding tert-OH is 1. The second-order valence-electron chi connectivity index (χ2n) is 3.76. The fraction of sp³-hybridized carbons (Fsp3) is 0.455. The van der Waals surface area contributed by atoms with Crippen LogP contribution in [0, 0.1) is 0 Å². The molecule has 1 fully saturated rings. The van der Waals surface area contributed by atoms with Crippen molar-refractivity contribution in [3.63, 3.8) is 0 Å². The normalized spacial score (nSPS) is 17.9. The third-order valence-electron chi connectivity index (χ3n) is 2.91. The maximum Gasteiger partial charge on any atom is 0.133 e. The molecule has 0 saturated heterocycles. The first-order valence-electron chi connectivity index (χ1n) is 4.67. The van der Waals surface area contributed by atoms with Crippen molar-refractivity contribution in [3.05, 3.63) is 28.2 Å². The van der Waals surface area contributed by atoms with Crippen LogP contribution in [0.4, 0.5) is 0 Å². The fourth-order valence-corrected chi connectivity index (χ4v) is 2.59. The van der Waals surface area contributed by atoms with E-state index in [4.69, 9.17) is 4.74 Å². The van der Waals surface area contributed by atoms with Crippen molar-refractivity contribution in [2.24, 2.45) is 0 Å². The molecule has 0 atom stereocenters. The summed E-state index contributed by atoms with van der Waals surface area (Å²) in [7, 11) is 1.66. The molecule has 1 aliphatic carbocycles. The summed E-state index contributed by atoms with van der Waals surface area (Å²) < 4.78 is 6.21. The van der Waals surface area contributed by atoms with Gasteiger partial charge in [0.2, 0.25) is 0 Å². The van der Waals surface area contributed by atoms with Crippen molar-refractivity contribution in [2.45, 2.75) is 18.3 Å². The summed E-state index contributed by atoms with van der Waals surface area (Å²) in [4.78, 5) is 0. The molecule has 0 radical (unpaired) electrons. The molecule has 0 unspecified atom stereocenters. The van der Waals surface area contributed by atoms with Gasteiger partial charge < -0.3 is 9.84 Å². The van der Waals surface area contributed by atoms with E-state index in [-0.39, 0.29) is 12.0 Å². The number of halogens is 1. The zero-order valence-electron chi connectivity index (χ0n) is 8.09. The first kappa shape index (κ1) is 9.99. The lowest BCUT2D eigenvalue weighted by Gasteiger charge is -2.16. The van der Waals surface area contributed by atoms with Crippen LogP contribution in [0.3, 0.4) is 0 Å². The van der Waals surface area contributed by atoms with Gasteiger partial charge >= 0.3 is 0 Å². The molecular formula is C11H13BrO2. The highest BCUT2D eigenvalue weighted by atomic mass is 79.9. The Kier molecular flexibility index (Phi) is 2.54. The summed E-state index contributed by atoms with van der Waals surface area (Å²) in [6, 6.07) is 5.94. The van der Waals surface area contributed by atoms with Gasteiger partial charge in [-0.15, -0.1) is 0 Å². The second-order valence-corrected chi connectivity index (χ2v) is 4.55. The van der Waals surface area contributed by atoms with Gasteiger partial charge in [0.1, 0.15) is 5.75 Å². The van der Waals surface area contributed by atoms with Gasteiger partial charge in [-0.25, -0.2) is 0 Å². The van der Waals surface area contributed by atoms with Gasteiger partial charge in [0.15, 0.2) is 0 Å². The summed E-state index contributed by atoms with van der Waals surface area (Å²) in [5, 5.41) is 9.34. The molecule has 0 spiro atoms. The molecule has 1 aromatic carbocycles. The summed E-state index contributed by atoms with van der Waals surface area (Å²) >= 11 is 3.52. The minimum atomic E-state index is -0.00657. The average Bonchev–Trinajstić information content (AvgIpc) is 2.99. The Bertz CT molecular complexity index is 345. The standard InChI is InChI=1S/C11H13BrO2/c1-14-9-4-2-3-8(10(9)12)11(7-13)5-6-11/h2-4,13H,5-7H2,1H3. The Morgan fingerprint density at radius 1 is 1.50 bits per heavy atom. The van der Waals surface area contributed by atoms with Crippen molar-refractivity contribution in [1.82, 2.24) is 0 Å². The maximum atomic E-state index is 9.34. The number of benzene rings is 1. The molecule has 0 aliphatic heterocycles. The van der Waals surface area contributed by atoms with E-state index in [1.54, 1.807) is 7.11 Å². The van der Waals surface area contributed by atoms with E-state index in [1.165, 1.54) is 5.56 Å². The first-order chi connectivity index (χ1) is 6.73. The summed E-state index contributed by atoms with van der Waals surface area (Å²) in [6.07, 6.45) is 2.13. The van der Waals surface area contributed by atoms with Crippen molar-refractivity contribution in [1.29, 1.82) is 0 Å². The molecular weight excluding hydrogens is 244 g/mol. The molecule has 0 aromatic heterocycles. The van der Waals surface area contributed by atoms with Crippen molar-refractivity contribution < 1.29 is 9.84 Å². The van der Waals surface area contributed by atoms with E-state index in [0.29, 0.717) is 0 Å². The van der Waals surface area contributed by atoms with Crippen LogP contribution < -0.4 is 4.74 Å². The van der Waals surface area contributed by atoms with Crippen LogP contribution in [0.5, 0.6) is 5.75 Å². The Morgan fingerprint density at radius 2 is 2.21 bits per heavy atom. The highest BCUT2D eigenvalue weighted by Crippen LogP contribution is 2.51. The van der Waals surface area contributed by atoms with Crippen LogP contribution in [0.1, 0.15) is 18.4 Å². The molecule has 2 rings (SSSR count). The molecule has 1 N–H and O–H groups in total. The van der Waals surface area contributed by atoms with Crippen LogP contribution in [0.25, 0.3) is 0 Å². The van der Waals surface area contributed by atoms with Gasteiger partial charge in [-0.05, 0) is 40.4 Å². The van der Waals surface area contributed by atoms with Crippen molar-refractivity contribution in [2.75, 3.05) is 13.7 Å². The van der Waals surface area contributed by atoms with Crippen LogP contribution >= 0.6 is 15.9 Å². The highest BCUT2D eigenvalue weighted by molar-refractivity contribution is 9.10. The third kappa shape index (κ3) is 1.44. The third-order valence-corrected chi connectivity index (χ3v) is 3.73. The van der Waals surface area contributed by atoms with E-state index in [1.807, 2.05) is 12.1 Å². The molecule has 76 valence electrons. The smallest absolute Gasteiger partial charge is 0.133 e. The molecule has 3 heteroatoms. The van der Waals surface area contributed by atoms with Gasteiger partial charge in [-0.1, -0.05) is 12.1 Å². The zero-order chi connectivity index (χ0) is 10.2. The van der Waals surface area contributed by atoms with Gasteiger partial charge in [0.05, 0.1) is 18.2 Å². The van der Waals surface area contributed by atoms with Crippen LogP contribution in [-0.4, -0.2) is 18.8 Å². The van der Waals surface area contributed by atoms with Crippen molar-refractivity contribution in [3.8, 4) is 5.75 Å². The molecule has 1 saturated carbocycles. The molecule has 14 heavy (non-hydrogen) atoms. The van der Waals surface area contributed by atoms with Crippen LogP contribution in [0.2, 0.25) is 0 Å². The van der Waals surface area contributed by atoms with E-state index in [9.17, 15) is 5.11 Å². The van der Waals surface area contributed by atoms with E-state index < -0.39 is 0 Å². The van der Waals surface area contributed by atoms with E-state index in [2.05, 4.69) is 22.0 Å². The average molecular weight is 257 g/mol. The Labute approximate surface area is 92.0 Å². The fourth-order valence-electron chi connectivity index (χ4n) is 1.74. The van der Waals surface area contributed by atoms with Crippen molar-refractivity contribution >= 4 is 15.9 Å². The van der Waals surface area contributed by atoms with Gasteiger partial charge in [0, 0.05) is 5.41 Å². The number of aliphatic hydroxyl groups is 1. The van der Waals surface area contributed by atoms with Crippen LogP contribution in [-0.2, 0) is 5.41 Å². The zero-order valence-corrected chi connectivity index (χ0v) is 9.67. The first-order valence-corrected chi connectivity index (χ1v) is 5.47. The Morgan fingerprint density at radius 3 is 2.71 bits per heavy atom. The molecule has 0 heterocycles. The minimum absolute atomic E-state index is 0.00657. The van der Waals surface area contributed by atoms with Gasteiger partial charge in [-0.3, -0.25) is 0 Å². The van der Waals surface area contributed by atoms with Gasteiger partial charge in [0.25, 0.3) is 0 Å². The van der Waals surface area contributed by atoms with E-state index >= 15 is 0 Å². The molecule has 1 aliphatic rings. The molecule has 0 bridgehead atoms. The lowest BCUT2D eigenvalue weighted by Crippen LogP contribution is -2.12. The monoisotopic (exact) mass is 256 g/mol. The SMILES string of the molecule is COc1cccc(C2(CO)CC2)c1Br. The maximum absolute atomic E-state index is 9.34. The topological polar surface area (TPSA) is 29.5 Å². The highest BCUT2D eigenvalue weighted by Gasteiger charge is 2.45. The Balaban J connectivity index is 2.43. The number of rotatable bonds is 3. The summed E-state index contributed by atoms with van der Waals surface area (Å²) in [6.45, 7) is 0.221. The number of hydrogen-bond donors (Lipinski definition) is 1. The van der Waals surface area contributed by atoms with E-state index in [0.717, 1.165) is 23.1 Å². The molecule has 2 nitrogen and oxygen atoms in total. The predicted molar refractivity (Wildman–Crippen MR) is 58.7 cm³/mol. The minimum Gasteiger partial charge on any atom is -0.496 e. The number of hydrogen-bond acceptors (Lipinski definition) is 2. The largest absolute Gasteiger partial charge is 0.496 e. The second kappa shape index (κ2) is 3.55. The lowest BCUT2D eigenvalue weighted by atomic mass is 9.97. The predicted octanol–water partition coefficient (Wildman–Crippen LogP) is 2.48. The lowest BCUT2D eigenvalue weighted by molar-refractivity contribution is 0.254. The van der Waals surface area contributed by atoms with Gasteiger partial charge in [-0.2, -0.15) is 0 Å². The van der Waals surface area contributed by atoms with Crippen LogP contribution in [0.15, 0.2) is 22.7 Å². The number of methoxy groups -OCH3 is 1.